The first kappa shape index (κ1) is 20.5. The van der Waals surface area contributed by atoms with Crippen molar-refractivity contribution < 1.29 is 4.74 Å². The van der Waals surface area contributed by atoms with E-state index in [0.29, 0.717) is 0 Å². The molecular weight excluding hydrogens is 364 g/mol. The Morgan fingerprint density at radius 2 is 1.33 bits per heavy atom. The molecular formula is C29H32O. The van der Waals surface area contributed by atoms with Crippen molar-refractivity contribution in [3.8, 4) is 5.75 Å². The number of rotatable bonds is 4. The lowest BCUT2D eigenvalue weighted by Crippen LogP contribution is -2.22. The second kappa shape index (κ2) is 7.47. The maximum absolute atomic E-state index is 6.06. The molecule has 1 heteroatoms. The van der Waals surface area contributed by atoms with Gasteiger partial charge in [-0.2, -0.15) is 0 Å². The summed E-state index contributed by atoms with van der Waals surface area (Å²) in [7, 11) is 1.81. The van der Waals surface area contributed by atoms with Gasteiger partial charge in [0.05, 0.1) is 7.11 Å². The van der Waals surface area contributed by atoms with Crippen molar-refractivity contribution in [2.75, 3.05) is 7.11 Å². The van der Waals surface area contributed by atoms with E-state index in [1.54, 1.807) is 0 Å². The topological polar surface area (TPSA) is 9.23 Å². The molecule has 0 atom stereocenters. The molecule has 0 saturated carbocycles. The highest BCUT2D eigenvalue weighted by atomic mass is 16.5. The molecule has 0 spiro atoms. The molecule has 0 heterocycles. The minimum absolute atomic E-state index is 0.00590. The van der Waals surface area contributed by atoms with Crippen LogP contribution >= 0.6 is 0 Å². The summed E-state index contributed by atoms with van der Waals surface area (Å²) in [6.45, 7) is 11.5. The summed E-state index contributed by atoms with van der Waals surface area (Å²) in [4.78, 5) is 0. The zero-order chi connectivity index (χ0) is 21.5. The fourth-order valence-corrected chi connectivity index (χ4v) is 4.68. The Bertz CT molecular complexity index is 1210. The Morgan fingerprint density at radius 3 is 2.00 bits per heavy atom. The van der Waals surface area contributed by atoms with Crippen LogP contribution in [-0.2, 0) is 17.3 Å². The van der Waals surface area contributed by atoms with Gasteiger partial charge in [0, 0.05) is 5.56 Å². The lowest BCUT2D eigenvalue weighted by atomic mass is 9.75. The molecule has 0 fully saturated rings. The molecule has 0 aliphatic carbocycles. The monoisotopic (exact) mass is 396 g/mol. The largest absolute Gasteiger partial charge is 0.496 e. The van der Waals surface area contributed by atoms with E-state index < -0.39 is 0 Å². The van der Waals surface area contributed by atoms with E-state index in [-0.39, 0.29) is 10.8 Å². The van der Waals surface area contributed by atoms with E-state index in [4.69, 9.17) is 4.74 Å². The summed E-state index contributed by atoms with van der Waals surface area (Å²) in [6, 6.07) is 26.5. The van der Waals surface area contributed by atoms with Crippen LogP contribution in [0.25, 0.3) is 21.5 Å². The van der Waals surface area contributed by atoms with Gasteiger partial charge >= 0.3 is 0 Å². The minimum Gasteiger partial charge on any atom is -0.496 e. The van der Waals surface area contributed by atoms with Crippen LogP contribution < -0.4 is 4.74 Å². The van der Waals surface area contributed by atoms with E-state index in [1.807, 2.05) is 7.11 Å². The van der Waals surface area contributed by atoms with Gasteiger partial charge in [-0.1, -0.05) is 101 Å². The van der Waals surface area contributed by atoms with Crippen molar-refractivity contribution in [2.45, 2.75) is 51.9 Å². The quantitative estimate of drug-likeness (QED) is 0.342. The average Bonchev–Trinajstić information content (AvgIpc) is 2.71. The SMILES string of the molecule is COc1c(CC(C)(C)c2ccc3ccccc3c2)cc2ccccc2c1C(C)(C)C. The number of ether oxygens (including phenoxy) is 1. The number of hydrogen-bond acceptors (Lipinski definition) is 1. The molecule has 0 N–H and O–H groups in total. The highest BCUT2D eigenvalue weighted by Gasteiger charge is 2.28. The van der Waals surface area contributed by atoms with Gasteiger partial charge in [-0.25, -0.2) is 0 Å². The molecule has 4 rings (SSSR count). The van der Waals surface area contributed by atoms with Gasteiger partial charge in [0.2, 0.25) is 0 Å². The normalized spacial score (nSPS) is 12.5. The molecule has 0 aliphatic rings. The predicted octanol–water partition coefficient (Wildman–Crippen LogP) is 7.82. The first-order chi connectivity index (χ1) is 14.2. The van der Waals surface area contributed by atoms with Crippen molar-refractivity contribution >= 4 is 21.5 Å². The summed E-state index contributed by atoms with van der Waals surface area (Å²) in [6.07, 6.45) is 0.919. The van der Waals surface area contributed by atoms with Crippen molar-refractivity contribution in [1.82, 2.24) is 0 Å². The van der Waals surface area contributed by atoms with E-state index in [1.165, 1.54) is 38.2 Å². The Labute approximate surface area is 180 Å². The third-order valence-corrected chi connectivity index (χ3v) is 6.20. The van der Waals surface area contributed by atoms with Crippen LogP contribution in [0.15, 0.2) is 72.8 Å². The zero-order valence-electron chi connectivity index (χ0n) is 19.0. The third kappa shape index (κ3) is 3.69. The number of benzene rings is 4. The predicted molar refractivity (Wildman–Crippen MR) is 130 cm³/mol. The van der Waals surface area contributed by atoms with Gasteiger partial charge in [-0.15, -0.1) is 0 Å². The first-order valence-electron chi connectivity index (χ1n) is 10.8. The number of methoxy groups -OCH3 is 1. The second-order valence-electron chi connectivity index (χ2n) is 10.0. The van der Waals surface area contributed by atoms with E-state index in [2.05, 4.69) is 107 Å². The highest BCUT2D eigenvalue weighted by molar-refractivity contribution is 5.90. The average molecular weight is 397 g/mol. The lowest BCUT2D eigenvalue weighted by molar-refractivity contribution is 0.388. The Hall–Kier alpha value is -2.80. The van der Waals surface area contributed by atoms with Crippen LogP contribution in [0.3, 0.4) is 0 Å². The van der Waals surface area contributed by atoms with Crippen LogP contribution in [0.4, 0.5) is 0 Å². The van der Waals surface area contributed by atoms with Crippen LogP contribution in [-0.4, -0.2) is 7.11 Å². The van der Waals surface area contributed by atoms with Crippen LogP contribution in [0, 0.1) is 0 Å². The lowest BCUT2D eigenvalue weighted by Gasteiger charge is -2.30. The molecule has 0 amide bonds. The van der Waals surface area contributed by atoms with Crippen molar-refractivity contribution in [3.05, 3.63) is 89.5 Å². The molecule has 0 unspecified atom stereocenters. The fraction of sp³-hybridized carbons (Fsp3) is 0.310. The fourth-order valence-electron chi connectivity index (χ4n) is 4.68. The standard InChI is InChI=1S/C29H32O/c1-28(2,3)26-25-14-10-9-13-22(25)17-23(27(26)30-6)19-29(4,5)24-16-15-20-11-7-8-12-21(20)18-24/h7-18H,19H2,1-6H3. The van der Waals surface area contributed by atoms with Gasteiger partial charge in [0.1, 0.15) is 5.75 Å². The summed E-state index contributed by atoms with van der Waals surface area (Å²) in [5, 5.41) is 5.15. The summed E-state index contributed by atoms with van der Waals surface area (Å²) in [5.74, 6) is 1.04. The Morgan fingerprint density at radius 1 is 0.700 bits per heavy atom. The smallest absolute Gasteiger partial charge is 0.126 e. The number of fused-ring (bicyclic) bond motifs is 2. The van der Waals surface area contributed by atoms with Crippen LogP contribution in [0.1, 0.15) is 51.3 Å². The molecule has 1 nitrogen and oxygen atoms in total. The van der Waals surface area contributed by atoms with E-state index in [9.17, 15) is 0 Å². The molecule has 0 bridgehead atoms. The number of hydrogen-bond donors (Lipinski definition) is 0. The van der Waals surface area contributed by atoms with E-state index >= 15 is 0 Å². The van der Waals surface area contributed by atoms with Crippen molar-refractivity contribution in [3.63, 3.8) is 0 Å². The zero-order valence-corrected chi connectivity index (χ0v) is 19.0. The summed E-state index contributed by atoms with van der Waals surface area (Å²) >= 11 is 0. The third-order valence-electron chi connectivity index (χ3n) is 6.20. The summed E-state index contributed by atoms with van der Waals surface area (Å²) < 4.78 is 6.06. The molecule has 0 saturated heterocycles. The molecule has 0 aliphatic heterocycles. The van der Waals surface area contributed by atoms with Gasteiger partial charge in [0.25, 0.3) is 0 Å². The van der Waals surface area contributed by atoms with Gasteiger partial charge in [0.15, 0.2) is 0 Å². The van der Waals surface area contributed by atoms with Gasteiger partial charge < -0.3 is 4.74 Å². The van der Waals surface area contributed by atoms with Crippen LogP contribution in [0.5, 0.6) is 5.75 Å². The van der Waals surface area contributed by atoms with Crippen molar-refractivity contribution in [2.24, 2.45) is 0 Å². The molecule has 0 radical (unpaired) electrons. The maximum Gasteiger partial charge on any atom is 0.126 e. The first-order valence-corrected chi connectivity index (χ1v) is 10.8. The molecule has 4 aromatic carbocycles. The summed E-state index contributed by atoms with van der Waals surface area (Å²) in [5.41, 5.74) is 3.91. The molecule has 4 aromatic rings. The molecule has 0 aromatic heterocycles. The highest BCUT2D eigenvalue weighted by Crippen LogP contribution is 2.42. The van der Waals surface area contributed by atoms with Gasteiger partial charge in [-0.05, 0) is 56.0 Å². The van der Waals surface area contributed by atoms with Crippen molar-refractivity contribution in [1.29, 1.82) is 0 Å². The van der Waals surface area contributed by atoms with Gasteiger partial charge in [-0.3, -0.25) is 0 Å². The minimum atomic E-state index is -0.0189. The molecule has 154 valence electrons. The maximum atomic E-state index is 6.06. The Balaban J connectivity index is 1.86. The Kier molecular flexibility index (Phi) is 5.10. The van der Waals surface area contributed by atoms with E-state index in [0.717, 1.165) is 12.2 Å². The van der Waals surface area contributed by atoms with Crippen LogP contribution in [0.2, 0.25) is 0 Å². The molecule has 30 heavy (non-hydrogen) atoms. The second-order valence-corrected chi connectivity index (χ2v) is 10.0.